The number of anilines is 2. The van der Waals surface area contributed by atoms with Crippen LogP contribution in [0, 0.1) is 0 Å². The molecule has 0 aliphatic carbocycles. The smallest absolute Gasteiger partial charge is 0.341 e. The molecule has 0 aliphatic rings. The molecule has 3 N–H and O–H groups in total. The molecule has 0 spiro atoms. The lowest BCUT2D eigenvalue weighted by Gasteiger charge is -2.18. The molecular weight excluding hydrogens is 703 g/mol. The highest BCUT2D eigenvalue weighted by Gasteiger charge is 2.27. The lowest BCUT2D eigenvalue weighted by Crippen LogP contribution is -2.30. The number of carbonyl (C=O) groups excluding carboxylic acids is 4. The lowest BCUT2D eigenvalue weighted by molar-refractivity contribution is -0.116. The minimum absolute atomic E-state index is 0.0628. The van der Waals surface area contributed by atoms with Gasteiger partial charge in [0, 0.05) is 27.1 Å². The SMILES string of the molecule is CCOC(=O)c1c(-c2ccccc2)csc1NC(=O)C(Sc1cccc(NC(=O)/C(=C/c2ccccc2)NC(=O)c2ccccc2)c1)c1ccccc1. The van der Waals surface area contributed by atoms with Crippen LogP contribution in [0.4, 0.5) is 10.7 Å². The Bertz CT molecular complexity index is 2220. The molecule has 1 heterocycles. The molecule has 0 saturated heterocycles. The molecule has 5 aromatic carbocycles. The molecule has 0 saturated carbocycles. The van der Waals surface area contributed by atoms with Gasteiger partial charge in [-0.1, -0.05) is 115 Å². The van der Waals surface area contributed by atoms with E-state index in [1.165, 1.54) is 23.1 Å². The number of nitrogens with one attached hydrogen (secondary N) is 3. The Morgan fingerprint density at radius 2 is 1.40 bits per heavy atom. The molecule has 0 aliphatic heterocycles. The maximum Gasteiger partial charge on any atom is 0.341 e. The fourth-order valence-corrected chi connectivity index (χ4v) is 7.45. The van der Waals surface area contributed by atoms with E-state index in [2.05, 4.69) is 16.0 Å². The zero-order valence-corrected chi connectivity index (χ0v) is 30.3. The van der Waals surface area contributed by atoms with Crippen molar-refractivity contribution in [2.75, 3.05) is 17.2 Å². The van der Waals surface area contributed by atoms with Crippen LogP contribution in [-0.2, 0) is 14.3 Å². The number of hydrogen-bond acceptors (Lipinski definition) is 7. The van der Waals surface area contributed by atoms with Gasteiger partial charge in [0.1, 0.15) is 21.5 Å². The quantitative estimate of drug-likeness (QED) is 0.0619. The summed E-state index contributed by atoms with van der Waals surface area (Å²) in [6, 6.07) is 43.9. The average Bonchev–Trinajstić information content (AvgIpc) is 3.61. The zero-order chi connectivity index (χ0) is 37.0. The number of carbonyl (C=O) groups is 4. The van der Waals surface area contributed by atoms with Crippen LogP contribution in [-0.4, -0.2) is 30.3 Å². The third kappa shape index (κ3) is 9.56. The van der Waals surface area contributed by atoms with Crippen LogP contribution in [0.1, 0.15) is 44.0 Å². The van der Waals surface area contributed by atoms with Crippen molar-refractivity contribution in [1.29, 1.82) is 0 Å². The highest BCUT2D eigenvalue weighted by molar-refractivity contribution is 8.00. The summed E-state index contributed by atoms with van der Waals surface area (Å²) in [5.74, 6) is -1.79. The summed E-state index contributed by atoms with van der Waals surface area (Å²) in [4.78, 5) is 54.8. The second-order valence-corrected chi connectivity index (χ2v) is 13.7. The molecule has 8 nitrogen and oxygen atoms in total. The number of benzene rings is 5. The van der Waals surface area contributed by atoms with Crippen molar-refractivity contribution >= 4 is 63.6 Å². The Morgan fingerprint density at radius 3 is 2.08 bits per heavy atom. The van der Waals surface area contributed by atoms with Gasteiger partial charge in [0.15, 0.2) is 0 Å². The molecule has 53 heavy (non-hydrogen) atoms. The number of thioether (sulfide) groups is 1. The van der Waals surface area contributed by atoms with Crippen LogP contribution in [0.3, 0.4) is 0 Å². The first kappa shape index (κ1) is 36.6. The third-order valence-electron chi connectivity index (χ3n) is 7.92. The van der Waals surface area contributed by atoms with Gasteiger partial charge in [-0.05, 0) is 60.0 Å². The molecule has 1 aromatic heterocycles. The Kier molecular flexibility index (Phi) is 12.3. The van der Waals surface area contributed by atoms with E-state index in [1.54, 1.807) is 55.5 Å². The van der Waals surface area contributed by atoms with E-state index in [-0.39, 0.29) is 18.2 Å². The predicted octanol–water partition coefficient (Wildman–Crippen LogP) is 9.47. The first-order valence-corrected chi connectivity index (χ1v) is 18.6. The summed E-state index contributed by atoms with van der Waals surface area (Å²) >= 11 is 2.56. The Balaban J connectivity index is 1.25. The van der Waals surface area contributed by atoms with Gasteiger partial charge in [0.2, 0.25) is 5.91 Å². The maximum atomic E-state index is 14.1. The van der Waals surface area contributed by atoms with E-state index >= 15 is 0 Å². The number of rotatable bonds is 13. The number of ether oxygens (including phenoxy) is 1. The molecular formula is C43H35N3O5S2. The van der Waals surface area contributed by atoms with Gasteiger partial charge in [-0.2, -0.15) is 0 Å². The van der Waals surface area contributed by atoms with Crippen molar-refractivity contribution in [2.45, 2.75) is 17.1 Å². The minimum atomic E-state index is -0.724. The highest BCUT2D eigenvalue weighted by Crippen LogP contribution is 2.40. The van der Waals surface area contributed by atoms with Gasteiger partial charge in [-0.25, -0.2) is 4.79 Å². The molecule has 0 bridgehead atoms. The maximum absolute atomic E-state index is 14.1. The lowest BCUT2D eigenvalue weighted by atomic mass is 10.0. The number of thiophene rings is 1. The third-order valence-corrected chi connectivity index (χ3v) is 10.1. The second kappa shape index (κ2) is 17.8. The Hall–Kier alpha value is -6.23. The first-order valence-electron chi connectivity index (χ1n) is 16.8. The van der Waals surface area contributed by atoms with Crippen molar-refractivity contribution in [3.63, 3.8) is 0 Å². The van der Waals surface area contributed by atoms with E-state index < -0.39 is 23.0 Å². The molecule has 1 unspecified atom stereocenters. The van der Waals surface area contributed by atoms with E-state index in [9.17, 15) is 19.2 Å². The summed E-state index contributed by atoms with van der Waals surface area (Å²) in [6.07, 6.45) is 1.61. The summed E-state index contributed by atoms with van der Waals surface area (Å²) in [6.45, 7) is 1.93. The van der Waals surface area contributed by atoms with Gasteiger partial charge < -0.3 is 20.7 Å². The molecule has 1 atom stereocenters. The molecule has 10 heteroatoms. The van der Waals surface area contributed by atoms with E-state index in [4.69, 9.17) is 4.74 Å². The zero-order valence-electron chi connectivity index (χ0n) is 28.7. The van der Waals surface area contributed by atoms with E-state index in [0.717, 1.165) is 16.7 Å². The highest BCUT2D eigenvalue weighted by atomic mass is 32.2. The fraction of sp³-hybridized carbons (Fsp3) is 0.0698. The van der Waals surface area contributed by atoms with Crippen molar-refractivity contribution in [2.24, 2.45) is 0 Å². The van der Waals surface area contributed by atoms with Crippen LogP contribution in [0.5, 0.6) is 0 Å². The Morgan fingerprint density at radius 1 is 0.755 bits per heavy atom. The molecule has 6 aromatic rings. The van der Waals surface area contributed by atoms with Gasteiger partial charge in [0.05, 0.1) is 6.61 Å². The molecule has 6 rings (SSSR count). The molecule has 0 fully saturated rings. The number of esters is 1. The van der Waals surface area contributed by atoms with Crippen molar-refractivity contribution in [3.05, 3.63) is 179 Å². The van der Waals surface area contributed by atoms with Crippen molar-refractivity contribution < 1.29 is 23.9 Å². The van der Waals surface area contributed by atoms with Crippen LogP contribution >= 0.6 is 23.1 Å². The Labute approximate surface area is 315 Å². The van der Waals surface area contributed by atoms with Gasteiger partial charge in [-0.15, -0.1) is 23.1 Å². The van der Waals surface area contributed by atoms with Crippen molar-refractivity contribution in [3.8, 4) is 11.1 Å². The predicted molar refractivity (Wildman–Crippen MR) is 213 cm³/mol. The second-order valence-electron chi connectivity index (χ2n) is 11.6. The van der Waals surface area contributed by atoms with Crippen LogP contribution < -0.4 is 16.0 Å². The van der Waals surface area contributed by atoms with E-state index in [1.807, 2.05) is 109 Å². The van der Waals surface area contributed by atoms with Crippen molar-refractivity contribution in [1.82, 2.24) is 5.32 Å². The average molecular weight is 738 g/mol. The monoisotopic (exact) mass is 737 g/mol. The van der Waals surface area contributed by atoms with Gasteiger partial charge in [-0.3, -0.25) is 14.4 Å². The summed E-state index contributed by atoms with van der Waals surface area (Å²) in [5.41, 5.74) is 4.24. The normalized spacial score (nSPS) is 11.6. The largest absolute Gasteiger partial charge is 0.462 e. The molecule has 264 valence electrons. The topological polar surface area (TPSA) is 114 Å². The number of amides is 3. The standard InChI is InChI=1S/C43H35N3O5S2/c1-2-51-43(50)37-35(30-18-9-4-10-19-30)28-52-42(37)46-41(49)38(31-20-11-5-12-21-31)53-34-25-15-24-33(27-34)44-40(48)36(26-29-16-7-3-8-17-29)45-39(47)32-22-13-6-14-23-32/h3-28,38H,2H2,1H3,(H,44,48)(H,45,47)(H,46,49)/b36-26-. The van der Waals surface area contributed by atoms with Gasteiger partial charge >= 0.3 is 5.97 Å². The van der Waals surface area contributed by atoms with Gasteiger partial charge in [0.25, 0.3) is 11.8 Å². The summed E-state index contributed by atoms with van der Waals surface area (Å²) in [5, 5.41) is 10.2. The van der Waals surface area contributed by atoms with E-state index in [0.29, 0.717) is 32.3 Å². The molecule has 3 amide bonds. The van der Waals surface area contributed by atoms with Crippen LogP contribution in [0.25, 0.3) is 17.2 Å². The summed E-state index contributed by atoms with van der Waals surface area (Å²) < 4.78 is 5.40. The summed E-state index contributed by atoms with van der Waals surface area (Å²) in [7, 11) is 0. The van der Waals surface area contributed by atoms with Crippen LogP contribution in [0.15, 0.2) is 162 Å². The first-order chi connectivity index (χ1) is 25.9. The fourth-order valence-electron chi connectivity index (χ4n) is 5.40. The minimum Gasteiger partial charge on any atom is -0.462 e. The number of hydrogen-bond donors (Lipinski definition) is 3. The van der Waals surface area contributed by atoms with Crippen LogP contribution in [0.2, 0.25) is 0 Å². The molecule has 0 radical (unpaired) electrons.